The lowest BCUT2D eigenvalue weighted by atomic mass is 10.1. The third-order valence-electron chi connectivity index (χ3n) is 2.85. The van der Waals surface area contributed by atoms with E-state index < -0.39 is 23.6 Å². The third-order valence-corrected chi connectivity index (χ3v) is 2.85. The molecule has 23 heavy (non-hydrogen) atoms. The Morgan fingerprint density at radius 1 is 1.22 bits per heavy atom. The molecule has 0 unspecified atom stereocenters. The molecule has 0 aliphatic carbocycles. The quantitative estimate of drug-likeness (QED) is 0.516. The van der Waals surface area contributed by atoms with E-state index in [2.05, 4.69) is 20.0 Å². The number of ether oxygens (including phenoxy) is 1. The topological polar surface area (TPSA) is 97.3 Å². The maximum Gasteiger partial charge on any atom is 0.412 e. The number of benzene rings is 1. The summed E-state index contributed by atoms with van der Waals surface area (Å²) in [6.45, 7) is 0. The van der Waals surface area contributed by atoms with Gasteiger partial charge in [0.25, 0.3) is 0 Å². The Morgan fingerprint density at radius 3 is 2.35 bits per heavy atom. The van der Waals surface area contributed by atoms with Crippen molar-refractivity contribution in [1.82, 2.24) is 15.2 Å². The van der Waals surface area contributed by atoms with Gasteiger partial charge < -0.3 is 4.74 Å². The highest BCUT2D eigenvalue weighted by Crippen LogP contribution is 2.42. The molecule has 0 saturated heterocycles. The fourth-order valence-electron chi connectivity index (χ4n) is 1.61. The first-order valence-electron chi connectivity index (χ1n) is 5.94. The van der Waals surface area contributed by atoms with Crippen LogP contribution in [0.1, 0.15) is 5.82 Å². The van der Waals surface area contributed by atoms with E-state index in [0.29, 0.717) is 7.11 Å². The van der Waals surface area contributed by atoms with Crippen LogP contribution in [0.2, 0.25) is 0 Å². The third kappa shape index (κ3) is 2.76. The van der Waals surface area contributed by atoms with Gasteiger partial charge in [0.1, 0.15) is 5.69 Å². The molecule has 0 saturated carbocycles. The van der Waals surface area contributed by atoms with Gasteiger partial charge in [-0.15, -0.1) is 4.91 Å². The number of nitrogens with one attached hydrogen (secondary N) is 1. The summed E-state index contributed by atoms with van der Waals surface area (Å²) in [5, 5.41) is 7.71. The minimum absolute atomic E-state index is 0.0760. The molecule has 2 aromatic rings. The Labute approximate surface area is 125 Å². The van der Waals surface area contributed by atoms with Crippen molar-refractivity contribution in [1.29, 1.82) is 0 Å². The molecule has 2 rings (SSSR count). The Bertz CT molecular complexity index is 730. The number of H-pyrrole nitrogens is 1. The summed E-state index contributed by atoms with van der Waals surface area (Å²) in [7, 11) is 0.556. The molecule has 1 N–H and O–H groups in total. The first-order chi connectivity index (χ1) is 10.7. The van der Waals surface area contributed by atoms with Crippen LogP contribution in [0.5, 0.6) is 0 Å². The van der Waals surface area contributed by atoms with E-state index in [0.717, 1.165) is 0 Å². The number of carbonyl (C=O) groups excluding carboxylic acids is 1. The summed E-state index contributed by atoms with van der Waals surface area (Å²) in [5.74, 6) is -14.3. The highest BCUT2D eigenvalue weighted by atomic mass is 19.3. The maximum absolute atomic E-state index is 13.8. The summed E-state index contributed by atoms with van der Waals surface area (Å²) in [4.78, 5) is 24.4. The lowest BCUT2D eigenvalue weighted by Crippen LogP contribution is -2.46. The van der Waals surface area contributed by atoms with E-state index in [9.17, 15) is 27.3 Å². The van der Waals surface area contributed by atoms with E-state index in [4.69, 9.17) is 0 Å². The molecular weight excluding hydrogens is 324 g/mol. The molecule has 0 bridgehead atoms. The van der Waals surface area contributed by atoms with Crippen LogP contribution in [-0.2, 0) is 15.5 Å². The molecule has 0 spiro atoms. The zero-order valence-electron chi connectivity index (χ0n) is 11.4. The van der Waals surface area contributed by atoms with Crippen LogP contribution in [0.15, 0.2) is 29.4 Å². The maximum atomic E-state index is 13.8. The molecule has 0 aliphatic heterocycles. The highest BCUT2D eigenvalue weighted by molar-refractivity contribution is 5.79. The van der Waals surface area contributed by atoms with Crippen molar-refractivity contribution >= 4 is 11.7 Å². The first kappa shape index (κ1) is 16.5. The van der Waals surface area contributed by atoms with Gasteiger partial charge in [0.2, 0.25) is 5.82 Å². The van der Waals surface area contributed by atoms with Crippen LogP contribution in [0.4, 0.5) is 23.2 Å². The van der Waals surface area contributed by atoms with Crippen LogP contribution in [0, 0.1) is 4.91 Å². The summed E-state index contributed by atoms with van der Waals surface area (Å²) < 4.78 is 58.1. The predicted octanol–water partition coefficient (Wildman–Crippen LogP) is 2.77. The van der Waals surface area contributed by atoms with Crippen molar-refractivity contribution in [3.05, 3.63) is 35.0 Å². The van der Waals surface area contributed by atoms with Gasteiger partial charge >= 0.3 is 17.8 Å². The minimum atomic E-state index is -5.12. The lowest BCUT2D eigenvalue weighted by Gasteiger charge is -2.21. The summed E-state index contributed by atoms with van der Waals surface area (Å²) in [5.41, 5.74) is 0.254. The fraction of sp³-hybridized carbons (Fsp3) is 0.250. The lowest BCUT2D eigenvalue weighted by molar-refractivity contribution is -0.233. The van der Waals surface area contributed by atoms with Crippen LogP contribution < -0.4 is 0 Å². The average Bonchev–Trinajstić information content (AvgIpc) is 3.04. The number of esters is 1. The van der Waals surface area contributed by atoms with Crippen LogP contribution in [0.3, 0.4) is 0 Å². The standard InChI is InChI=1S/C12H8F4N4O3/c1-23-10(21)12(15,16)11(13,14)9-17-8(18-19-9)6-2-4-7(20-22)5-3-6/h2-5H,1H3,(H,17,18,19). The summed E-state index contributed by atoms with van der Waals surface area (Å²) >= 11 is 0. The minimum Gasteiger partial charge on any atom is -0.464 e. The summed E-state index contributed by atoms with van der Waals surface area (Å²) in [6.07, 6.45) is 0. The summed E-state index contributed by atoms with van der Waals surface area (Å²) in [6, 6.07) is 5.11. The number of methoxy groups -OCH3 is 1. The second kappa shape index (κ2) is 5.74. The Hall–Kier alpha value is -2.85. The van der Waals surface area contributed by atoms with Gasteiger partial charge in [0, 0.05) is 5.56 Å². The van der Waals surface area contributed by atoms with Gasteiger partial charge in [-0.05, 0) is 29.4 Å². The van der Waals surface area contributed by atoms with Gasteiger partial charge in [0.15, 0.2) is 5.82 Å². The monoisotopic (exact) mass is 332 g/mol. The fourth-order valence-corrected chi connectivity index (χ4v) is 1.61. The Balaban J connectivity index is 2.37. The predicted molar refractivity (Wildman–Crippen MR) is 68.1 cm³/mol. The van der Waals surface area contributed by atoms with E-state index in [1.165, 1.54) is 24.3 Å². The highest BCUT2D eigenvalue weighted by Gasteiger charge is 2.66. The van der Waals surface area contributed by atoms with Crippen LogP contribution in [-0.4, -0.2) is 34.2 Å². The van der Waals surface area contributed by atoms with Crippen molar-refractivity contribution in [3.8, 4) is 11.4 Å². The zero-order valence-corrected chi connectivity index (χ0v) is 11.4. The number of aromatic nitrogens is 3. The van der Waals surface area contributed by atoms with Crippen molar-refractivity contribution < 1.29 is 27.1 Å². The number of nitroso groups, excluding NO2 is 1. The van der Waals surface area contributed by atoms with Crippen molar-refractivity contribution in [3.63, 3.8) is 0 Å². The van der Waals surface area contributed by atoms with E-state index in [-0.39, 0.29) is 17.1 Å². The number of halogens is 4. The van der Waals surface area contributed by atoms with Gasteiger partial charge in [-0.1, -0.05) is 0 Å². The number of hydrogen-bond donors (Lipinski definition) is 1. The molecular formula is C12H8F4N4O3. The van der Waals surface area contributed by atoms with Gasteiger partial charge in [-0.3, -0.25) is 5.10 Å². The largest absolute Gasteiger partial charge is 0.464 e. The molecule has 11 heteroatoms. The smallest absolute Gasteiger partial charge is 0.412 e. The molecule has 0 amide bonds. The molecule has 0 atom stereocenters. The molecule has 1 aromatic heterocycles. The van der Waals surface area contributed by atoms with Gasteiger partial charge in [-0.2, -0.15) is 22.7 Å². The van der Waals surface area contributed by atoms with Gasteiger partial charge in [-0.25, -0.2) is 9.78 Å². The number of aromatic amines is 1. The van der Waals surface area contributed by atoms with Crippen LogP contribution >= 0.6 is 0 Å². The molecule has 1 aromatic carbocycles. The zero-order chi connectivity index (χ0) is 17.3. The second-order valence-electron chi connectivity index (χ2n) is 4.29. The molecule has 0 aliphatic rings. The number of nitrogens with zero attached hydrogens (tertiary/aromatic N) is 3. The number of rotatable bonds is 5. The molecule has 7 nitrogen and oxygen atoms in total. The molecule has 1 heterocycles. The Morgan fingerprint density at radius 2 is 1.83 bits per heavy atom. The van der Waals surface area contributed by atoms with E-state index in [1.807, 2.05) is 0 Å². The van der Waals surface area contributed by atoms with Crippen molar-refractivity contribution in [2.45, 2.75) is 11.8 Å². The second-order valence-corrected chi connectivity index (χ2v) is 4.29. The molecule has 0 radical (unpaired) electrons. The van der Waals surface area contributed by atoms with E-state index in [1.54, 1.807) is 5.10 Å². The number of alkyl halides is 4. The van der Waals surface area contributed by atoms with Crippen molar-refractivity contribution in [2.75, 3.05) is 7.11 Å². The normalized spacial score (nSPS) is 12.0. The molecule has 0 fully saturated rings. The average molecular weight is 332 g/mol. The SMILES string of the molecule is COC(=O)C(F)(F)C(F)(F)c1nc(-c2ccc(N=O)cc2)n[nH]1. The van der Waals surface area contributed by atoms with Crippen molar-refractivity contribution in [2.24, 2.45) is 5.18 Å². The Kier molecular flexibility index (Phi) is 4.12. The number of carbonyl (C=O) groups is 1. The number of hydrogen-bond acceptors (Lipinski definition) is 6. The first-order valence-corrected chi connectivity index (χ1v) is 5.94. The van der Waals surface area contributed by atoms with E-state index >= 15 is 0 Å². The van der Waals surface area contributed by atoms with Crippen LogP contribution in [0.25, 0.3) is 11.4 Å². The van der Waals surface area contributed by atoms with Gasteiger partial charge in [0.05, 0.1) is 7.11 Å². The molecule has 122 valence electrons.